The number of fused-ring (bicyclic) bond motifs is 2. The number of nitrogens with one attached hydrogen (secondary N) is 1. The summed E-state index contributed by atoms with van der Waals surface area (Å²) in [4.78, 5) is 18.8. The molecule has 6 unspecified atom stereocenters. The maximum absolute atomic E-state index is 13.2. The first-order valence-electron chi connectivity index (χ1n) is 24.2. The largest absolute Gasteiger partial charge is 0.460 e. The predicted molar refractivity (Wildman–Crippen MR) is 254 cm³/mol. The van der Waals surface area contributed by atoms with E-state index in [2.05, 4.69) is 24.9 Å². The first-order valence-corrected chi connectivity index (χ1v) is 25.3. The lowest BCUT2D eigenvalue weighted by molar-refractivity contribution is -0.223. The van der Waals surface area contributed by atoms with Gasteiger partial charge in [-0.2, -0.15) is 11.8 Å². The Labute approximate surface area is 377 Å². The second kappa shape index (κ2) is 27.8. The molecule has 1 aliphatic heterocycles. The zero-order chi connectivity index (χ0) is 43.8. The molecule has 10 heteroatoms. The number of amides is 1. The molecular formula is C52H78N2O7S. The van der Waals surface area contributed by atoms with Crippen LogP contribution in [-0.4, -0.2) is 65.7 Å². The number of rotatable bonds is 31. The summed E-state index contributed by atoms with van der Waals surface area (Å²) in [5, 5.41) is 27.3. The van der Waals surface area contributed by atoms with Gasteiger partial charge in [0.1, 0.15) is 18.6 Å². The van der Waals surface area contributed by atoms with Gasteiger partial charge in [-0.15, -0.1) is 6.58 Å². The highest BCUT2D eigenvalue weighted by Crippen LogP contribution is 2.62. The fourth-order valence-electron chi connectivity index (χ4n) is 10.1. The summed E-state index contributed by atoms with van der Waals surface area (Å²) in [7, 11) is 1.62. The molecule has 2 aromatic rings. The molecule has 0 spiro atoms. The Morgan fingerprint density at radius 3 is 2.19 bits per heavy atom. The van der Waals surface area contributed by atoms with Gasteiger partial charge in [-0.3, -0.25) is 0 Å². The number of aliphatic hydroxyl groups is 2. The Kier molecular flexibility index (Phi) is 22.3. The van der Waals surface area contributed by atoms with Gasteiger partial charge in [-0.1, -0.05) is 151 Å². The van der Waals surface area contributed by atoms with Gasteiger partial charge in [0.2, 0.25) is 5.79 Å². The van der Waals surface area contributed by atoms with E-state index in [0.717, 1.165) is 72.4 Å². The quantitative estimate of drug-likeness (QED) is 0.0389. The van der Waals surface area contributed by atoms with Crippen molar-refractivity contribution in [1.82, 2.24) is 5.32 Å². The topological polar surface area (TPSA) is 119 Å². The third kappa shape index (κ3) is 14.3. The molecule has 1 heterocycles. The number of thioether (sulfide) groups is 1. The van der Waals surface area contributed by atoms with Crippen molar-refractivity contribution in [3.63, 3.8) is 0 Å². The van der Waals surface area contributed by atoms with Crippen LogP contribution in [0.4, 0.5) is 4.79 Å². The van der Waals surface area contributed by atoms with Crippen molar-refractivity contribution in [2.45, 2.75) is 165 Å². The number of hydrogen-bond acceptors (Lipinski definition) is 9. The molecule has 2 aliphatic carbocycles. The average molecular weight is 875 g/mol. The van der Waals surface area contributed by atoms with Crippen LogP contribution in [0.25, 0.3) is 0 Å². The molecular weight excluding hydrogens is 797 g/mol. The minimum atomic E-state index is -1.01. The summed E-state index contributed by atoms with van der Waals surface area (Å²) in [6, 6.07) is 15.5. The highest BCUT2D eigenvalue weighted by Gasteiger charge is 2.64. The summed E-state index contributed by atoms with van der Waals surface area (Å²) in [6.45, 7) is 7.32. The number of carbonyl (C=O) groups is 1. The van der Waals surface area contributed by atoms with Crippen molar-refractivity contribution >= 4 is 23.6 Å². The predicted octanol–water partition coefficient (Wildman–Crippen LogP) is 12.5. The summed E-state index contributed by atoms with van der Waals surface area (Å²) in [5.41, 5.74) is 4.00. The van der Waals surface area contributed by atoms with E-state index in [0.29, 0.717) is 31.7 Å². The molecule has 0 bridgehead atoms. The summed E-state index contributed by atoms with van der Waals surface area (Å²) in [5.74, 6) is 1.23. The minimum Gasteiger partial charge on any atom is -0.460 e. The second-order valence-corrected chi connectivity index (χ2v) is 18.9. The first-order chi connectivity index (χ1) is 30.5. The Morgan fingerprint density at radius 1 is 0.887 bits per heavy atom. The first kappa shape index (κ1) is 49.7. The van der Waals surface area contributed by atoms with E-state index >= 15 is 0 Å². The normalized spacial score (nSPS) is 23.2. The van der Waals surface area contributed by atoms with Crippen LogP contribution < -0.4 is 14.8 Å². The van der Waals surface area contributed by atoms with Gasteiger partial charge in [-0.25, -0.2) is 4.79 Å². The van der Waals surface area contributed by atoms with E-state index in [9.17, 15) is 15.0 Å². The van der Waals surface area contributed by atoms with E-state index in [-0.39, 0.29) is 42.1 Å². The van der Waals surface area contributed by atoms with Crippen molar-refractivity contribution in [3.8, 4) is 11.5 Å². The number of oxime groups is 1. The van der Waals surface area contributed by atoms with Gasteiger partial charge in [-0.05, 0) is 79.0 Å². The molecule has 0 aromatic heterocycles. The molecule has 1 saturated carbocycles. The van der Waals surface area contributed by atoms with Crippen molar-refractivity contribution in [2.75, 3.05) is 32.7 Å². The van der Waals surface area contributed by atoms with Crippen LogP contribution >= 0.6 is 11.8 Å². The number of benzene rings is 2. The number of hydrogen-bond donors (Lipinski definition) is 3. The number of unbranched alkanes of at least 4 members (excludes halogenated alkanes) is 15. The molecule has 3 N–H and O–H groups in total. The molecule has 0 saturated heterocycles. The summed E-state index contributed by atoms with van der Waals surface area (Å²) < 4.78 is 20.3. The van der Waals surface area contributed by atoms with Gasteiger partial charge in [0.05, 0.1) is 23.5 Å². The van der Waals surface area contributed by atoms with E-state index in [1.165, 1.54) is 83.5 Å². The zero-order valence-electron chi connectivity index (χ0n) is 38.0. The van der Waals surface area contributed by atoms with Crippen LogP contribution in [0.1, 0.15) is 159 Å². The van der Waals surface area contributed by atoms with Crippen molar-refractivity contribution in [2.24, 2.45) is 22.9 Å². The Hall–Kier alpha value is -3.31. The Bertz CT molecular complexity index is 1670. The van der Waals surface area contributed by atoms with Crippen molar-refractivity contribution in [3.05, 3.63) is 84.0 Å². The van der Waals surface area contributed by atoms with Gasteiger partial charge >= 0.3 is 6.09 Å². The van der Waals surface area contributed by atoms with Gasteiger partial charge in [0, 0.05) is 37.7 Å². The molecule has 344 valence electrons. The molecule has 9 nitrogen and oxygen atoms in total. The lowest BCUT2D eigenvalue weighted by atomic mass is 9.56. The summed E-state index contributed by atoms with van der Waals surface area (Å²) >= 11 is 1.93. The van der Waals surface area contributed by atoms with Gasteiger partial charge in [0.25, 0.3) is 0 Å². The van der Waals surface area contributed by atoms with E-state index < -0.39 is 11.9 Å². The Balaban J connectivity index is 1.37. The molecule has 3 aliphatic rings. The number of allylic oxidation sites excluding steroid dienone is 1. The maximum Gasteiger partial charge on any atom is 0.412 e. The van der Waals surface area contributed by atoms with Crippen LogP contribution in [0.3, 0.4) is 0 Å². The molecule has 1 amide bonds. The highest BCUT2D eigenvalue weighted by molar-refractivity contribution is 8.00. The van der Waals surface area contributed by atoms with Crippen LogP contribution in [-0.2, 0) is 16.1 Å². The Morgan fingerprint density at radius 2 is 1.55 bits per heavy atom. The van der Waals surface area contributed by atoms with E-state index in [1.54, 1.807) is 7.11 Å². The average Bonchev–Trinajstić information content (AvgIpc) is 3.28. The smallest absolute Gasteiger partial charge is 0.412 e. The third-order valence-corrected chi connectivity index (χ3v) is 14.6. The number of nitrogens with zero attached hydrogens (tertiary/aromatic N) is 1. The number of ether oxygens (including phenoxy) is 3. The fraction of sp³-hybridized carbons (Fsp3) is 0.654. The van der Waals surface area contributed by atoms with Crippen LogP contribution in [0.5, 0.6) is 11.5 Å². The van der Waals surface area contributed by atoms with Crippen LogP contribution in [0.2, 0.25) is 0 Å². The van der Waals surface area contributed by atoms with E-state index in [4.69, 9.17) is 24.2 Å². The van der Waals surface area contributed by atoms with Crippen molar-refractivity contribution < 1.29 is 34.1 Å². The van der Waals surface area contributed by atoms with E-state index in [1.807, 2.05) is 66.4 Å². The van der Waals surface area contributed by atoms with Gasteiger partial charge in [0.15, 0.2) is 0 Å². The molecule has 6 atom stereocenters. The standard InChI is InChI=1S/C52H78N2O7S/c1-4-6-7-8-9-10-11-12-13-14-15-16-17-25-35-62-48-38-46(54-58-3)44-36-41(28-21-23-32-55)43(29-22-24-33-56)49-45-37-42(60-51(57)53-39-40-26-19-18-20-27-40)30-31-47(45)61-52(48,50(44)49)59-34-5-2/h5,18-20,26-27,30-31,36-37,41,43,48-50,55-56H,2,4,6-17,21-25,28-29,32-35,38-39H2,1,3H3,(H,53,57). The van der Waals surface area contributed by atoms with Gasteiger partial charge < -0.3 is 34.6 Å². The monoisotopic (exact) mass is 875 g/mol. The fourth-order valence-corrected chi connectivity index (χ4v) is 11.5. The lowest BCUT2D eigenvalue weighted by Crippen LogP contribution is -2.64. The molecule has 2 aromatic carbocycles. The molecule has 0 radical (unpaired) electrons. The zero-order valence-corrected chi connectivity index (χ0v) is 38.9. The summed E-state index contributed by atoms with van der Waals surface area (Å²) in [6.07, 6.45) is 28.0. The molecule has 62 heavy (non-hydrogen) atoms. The highest BCUT2D eigenvalue weighted by atomic mass is 32.2. The number of aliphatic hydroxyl groups excluding tert-OH is 2. The third-order valence-electron chi connectivity index (χ3n) is 13.1. The SMILES string of the molecule is C=CCOC12Oc3ccc(OC(=O)NCc4ccccc4)cc3C3C(CCCCO)C(CCCCO)C=C(C(=NOC)CC1SCCCCCCCCCCCCCCCC)C32. The lowest BCUT2D eigenvalue weighted by Gasteiger charge is -2.58. The number of carbonyl (C=O) groups excluding carboxylic acids is 1. The second-order valence-electron chi connectivity index (χ2n) is 17.6. The van der Waals surface area contributed by atoms with Crippen molar-refractivity contribution in [1.29, 1.82) is 0 Å². The minimum absolute atomic E-state index is 0.0659. The van der Waals surface area contributed by atoms with Crippen LogP contribution in [0, 0.1) is 17.8 Å². The van der Waals surface area contributed by atoms with Crippen LogP contribution in [0.15, 0.2) is 78.0 Å². The molecule has 1 fully saturated rings. The molecule has 5 rings (SSSR count). The maximum atomic E-state index is 13.2.